The summed E-state index contributed by atoms with van der Waals surface area (Å²) in [5, 5.41) is 0.0481. The van der Waals surface area contributed by atoms with Crippen molar-refractivity contribution in [1.29, 1.82) is 0 Å². The van der Waals surface area contributed by atoms with E-state index in [1.165, 1.54) is 12.5 Å². The number of sulfonamides is 1. The largest absolute Gasteiger partial charge is 0.339 e. The Morgan fingerprint density at radius 3 is 2.88 bits per heavy atom. The summed E-state index contributed by atoms with van der Waals surface area (Å²) < 4.78 is 27.4. The van der Waals surface area contributed by atoms with E-state index in [4.69, 9.17) is 6.42 Å². The van der Waals surface area contributed by atoms with Gasteiger partial charge in [0.1, 0.15) is 0 Å². The van der Waals surface area contributed by atoms with Crippen molar-refractivity contribution in [3.05, 3.63) is 12.5 Å². The molecule has 16 heavy (non-hydrogen) atoms. The summed E-state index contributed by atoms with van der Waals surface area (Å²) in [6.07, 6.45) is 10.2. The van der Waals surface area contributed by atoms with Crippen molar-refractivity contribution in [2.24, 2.45) is 7.05 Å². The Kier molecular flexibility index (Phi) is 4.52. The highest BCUT2D eigenvalue weighted by atomic mass is 32.2. The van der Waals surface area contributed by atoms with Crippen molar-refractivity contribution in [3.8, 4) is 12.3 Å². The van der Waals surface area contributed by atoms with E-state index in [9.17, 15) is 8.42 Å². The van der Waals surface area contributed by atoms with E-state index in [1.54, 1.807) is 11.6 Å². The summed E-state index contributed by atoms with van der Waals surface area (Å²) in [5.41, 5.74) is 0. The van der Waals surface area contributed by atoms with Crippen molar-refractivity contribution in [2.75, 3.05) is 6.54 Å². The fourth-order valence-electron chi connectivity index (χ4n) is 1.16. The first-order valence-corrected chi connectivity index (χ1v) is 6.45. The molecular weight excluding hydrogens is 226 g/mol. The zero-order valence-electron chi connectivity index (χ0n) is 9.18. The van der Waals surface area contributed by atoms with Crippen LogP contribution in [0.25, 0.3) is 0 Å². The molecule has 0 saturated heterocycles. The molecule has 1 aromatic heterocycles. The van der Waals surface area contributed by atoms with E-state index in [-0.39, 0.29) is 5.03 Å². The zero-order valence-corrected chi connectivity index (χ0v) is 10.00. The van der Waals surface area contributed by atoms with Crippen LogP contribution in [0.1, 0.15) is 19.3 Å². The summed E-state index contributed by atoms with van der Waals surface area (Å²) in [6.45, 7) is 0.389. The lowest BCUT2D eigenvalue weighted by Crippen LogP contribution is -2.25. The number of unbranched alkanes of at least 4 members (excludes halogenated alkanes) is 2. The second-order valence-corrected chi connectivity index (χ2v) is 5.15. The molecule has 0 unspecified atom stereocenters. The first-order chi connectivity index (χ1) is 7.56. The molecule has 0 saturated carbocycles. The second kappa shape index (κ2) is 5.68. The quantitative estimate of drug-likeness (QED) is 0.583. The highest BCUT2D eigenvalue weighted by Crippen LogP contribution is 2.04. The molecule has 0 aliphatic rings. The SMILES string of the molecule is C#CCCCCNS(=O)(=O)c1cn(C)cn1. The Labute approximate surface area is 95.9 Å². The van der Waals surface area contributed by atoms with Gasteiger partial charge in [-0.3, -0.25) is 0 Å². The Bertz CT molecular complexity index is 470. The highest BCUT2D eigenvalue weighted by molar-refractivity contribution is 7.89. The van der Waals surface area contributed by atoms with Crippen LogP contribution in [0.5, 0.6) is 0 Å². The van der Waals surface area contributed by atoms with Crippen LogP contribution in [0.4, 0.5) is 0 Å². The van der Waals surface area contributed by atoms with Gasteiger partial charge in [0.2, 0.25) is 0 Å². The number of aryl methyl sites for hydroxylation is 1. The molecule has 1 N–H and O–H groups in total. The number of hydrogen-bond donors (Lipinski definition) is 1. The Morgan fingerprint density at radius 2 is 2.31 bits per heavy atom. The first-order valence-electron chi connectivity index (χ1n) is 4.97. The van der Waals surface area contributed by atoms with Gasteiger partial charge in [-0.05, 0) is 12.8 Å². The van der Waals surface area contributed by atoms with E-state index < -0.39 is 10.0 Å². The first kappa shape index (κ1) is 12.7. The lowest BCUT2D eigenvalue weighted by molar-refractivity contribution is 0.574. The van der Waals surface area contributed by atoms with Gasteiger partial charge in [-0.2, -0.15) is 0 Å². The molecule has 0 aromatic carbocycles. The summed E-state index contributed by atoms with van der Waals surface area (Å²) >= 11 is 0. The average molecular weight is 241 g/mol. The van der Waals surface area contributed by atoms with Crippen LogP contribution >= 0.6 is 0 Å². The van der Waals surface area contributed by atoms with Gasteiger partial charge in [0.15, 0.2) is 5.03 Å². The summed E-state index contributed by atoms with van der Waals surface area (Å²) in [7, 11) is -1.74. The summed E-state index contributed by atoms with van der Waals surface area (Å²) in [5.74, 6) is 2.51. The van der Waals surface area contributed by atoms with Crippen LogP contribution in [0.2, 0.25) is 0 Å². The van der Waals surface area contributed by atoms with Crippen LogP contribution in [0, 0.1) is 12.3 Å². The molecule has 0 atom stereocenters. The molecule has 0 fully saturated rings. The molecule has 0 spiro atoms. The van der Waals surface area contributed by atoms with Gasteiger partial charge in [0, 0.05) is 26.2 Å². The predicted octanol–water partition coefficient (Wildman–Crippen LogP) is 0.502. The molecular formula is C10H15N3O2S. The summed E-state index contributed by atoms with van der Waals surface area (Å²) in [6, 6.07) is 0. The third kappa shape index (κ3) is 3.68. The van der Waals surface area contributed by atoms with E-state index in [1.807, 2.05) is 0 Å². The molecule has 0 aliphatic carbocycles. The number of hydrogen-bond acceptors (Lipinski definition) is 3. The minimum absolute atomic E-state index is 0.0481. The standard InChI is InChI=1S/C10H15N3O2S/c1-3-4-5-6-7-12-16(14,15)10-8-13(2)9-11-10/h1,8-9,12H,4-7H2,2H3. The molecule has 1 aromatic rings. The Morgan fingerprint density at radius 1 is 1.56 bits per heavy atom. The van der Waals surface area contributed by atoms with Crippen molar-refractivity contribution < 1.29 is 8.42 Å². The Hall–Kier alpha value is -1.32. The minimum Gasteiger partial charge on any atom is -0.339 e. The van der Waals surface area contributed by atoms with Gasteiger partial charge in [-0.1, -0.05) is 0 Å². The fraction of sp³-hybridized carbons (Fsp3) is 0.500. The molecule has 6 heteroatoms. The van der Waals surface area contributed by atoms with Gasteiger partial charge in [0.25, 0.3) is 10.0 Å². The summed E-state index contributed by atoms with van der Waals surface area (Å²) in [4.78, 5) is 3.78. The number of nitrogens with zero attached hydrogens (tertiary/aromatic N) is 2. The smallest absolute Gasteiger partial charge is 0.259 e. The van der Waals surface area contributed by atoms with E-state index in [2.05, 4.69) is 15.6 Å². The zero-order chi connectivity index (χ0) is 12.0. The number of terminal acetylenes is 1. The molecule has 88 valence electrons. The van der Waals surface area contributed by atoms with Crippen molar-refractivity contribution in [3.63, 3.8) is 0 Å². The molecule has 5 nitrogen and oxygen atoms in total. The lowest BCUT2D eigenvalue weighted by atomic mass is 10.2. The topological polar surface area (TPSA) is 64.0 Å². The number of imidazole rings is 1. The van der Waals surface area contributed by atoms with E-state index in [0.29, 0.717) is 13.0 Å². The third-order valence-electron chi connectivity index (χ3n) is 2.00. The predicted molar refractivity (Wildman–Crippen MR) is 61.1 cm³/mol. The van der Waals surface area contributed by atoms with E-state index >= 15 is 0 Å². The Balaban J connectivity index is 2.45. The maximum absolute atomic E-state index is 11.7. The van der Waals surface area contributed by atoms with Crippen LogP contribution in [-0.4, -0.2) is 24.5 Å². The molecule has 0 amide bonds. The van der Waals surface area contributed by atoms with Crippen molar-refractivity contribution in [1.82, 2.24) is 14.3 Å². The lowest BCUT2D eigenvalue weighted by Gasteiger charge is -2.02. The molecule has 0 aliphatic heterocycles. The highest BCUT2D eigenvalue weighted by Gasteiger charge is 2.15. The van der Waals surface area contributed by atoms with E-state index in [0.717, 1.165) is 12.8 Å². The van der Waals surface area contributed by atoms with Crippen LogP contribution < -0.4 is 4.72 Å². The average Bonchev–Trinajstić information content (AvgIpc) is 2.65. The van der Waals surface area contributed by atoms with Gasteiger partial charge < -0.3 is 4.57 Å². The molecule has 1 heterocycles. The van der Waals surface area contributed by atoms with Gasteiger partial charge in [0.05, 0.1) is 6.33 Å². The number of rotatable bonds is 6. The van der Waals surface area contributed by atoms with Crippen molar-refractivity contribution >= 4 is 10.0 Å². The minimum atomic E-state index is -3.46. The number of aromatic nitrogens is 2. The van der Waals surface area contributed by atoms with Gasteiger partial charge >= 0.3 is 0 Å². The molecule has 0 bridgehead atoms. The van der Waals surface area contributed by atoms with Crippen LogP contribution in [0.15, 0.2) is 17.6 Å². The third-order valence-corrected chi connectivity index (χ3v) is 3.34. The molecule has 0 radical (unpaired) electrons. The van der Waals surface area contributed by atoms with Crippen LogP contribution in [0.3, 0.4) is 0 Å². The second-order valence-electron chi connectivity index (χ2n) is 3.44. The maximum Gasteiger partial charge on any atom is 0.259 e. The fourth-order valence-corrected chi connectivity index (χ4v) is 2.21. The monoisotopic (exact) mass is 241 g/mol. The molecule has 1 rings (SSSR count). The number of nitrogens with one attached hydrogen (secondary N) is 1. The van der Waals surface area contributed by atoms with Crippen LogP contribution in [-0.2, 0) is 17.1 Å². The normalized spacial score (nSPS) is 11.2. The van der Waals surface area contributed by atoms with Gasteiger partial charge in [-0.15, -0.1) is 12.3 Å². The maximum atomic E-state index is 11.7. The van der Waals surface area contributed by atoms with Gasteiger partial charge in [-0.25, -0.2) is 18.1 Å². The van der Waals surface area contributed by atoms with Crippen molar-refractivity contribution in [2.45, 2.75) is 24.3 Å².